The van der Waals surface area contributed by atoms with Crippen molar-refractivity contribution in [2.75, 3.05) is 6.16 Å². The number of rotatable bonds is 4. The van der Waals surface area contributed by atoms with Gasteiger partial charge in [-0.15, -0.1) is 0 Å². The summed E-state index contributed by atoms with van der Waals surface area (Å²) in [7, 11) is 0.268. The molecule has 28 heavy (non-hydrogen) atoms. The van der Waals surface area contributed by atoms with Crippen LogP contribution in [0.2, 0.25) is 0 Å². The van der Waals surface area contributed by atoms with Crippen LogP contribution in [0.25, 0.3) is 0 Å². The second kappa shape index (κ2) is 6.47. The van der Waals surface area contributed by atoms with Crippen molar-refractivity contribution >= 4 is 7.92 Å². The summed E-state index contributed by atoms with van der Waals surface area (Å²) in [5.74, 6) is 8.12. The molecule has 0 aromatic carbocycles. The maximum Gasteiger partial charge on any atom is -0.00814 e. The zero-order valence-electron chi connectivity index (χ0n) is 18.2. The molecule has 9 aliphatic carbocycles. The van der Waals surface area contributed by atoms with E-state index in [1.165, 1.54) is 0 Å². The van der Waals surface area contributed by atoms with Gasteiger partial charge >= 0.3 is 0 Å². The van der Waals surface area contributed by atoms with Gasteiger partial charge in [-0.1, -0.05) is 40.0 Å². The Morgan fingerprint density at radius 3 is 1.21 bits per heavy atom. The molecule has 0 aromatic heterocycles. The molecule has 9 aliphatic rings. The fraction of sp³-hybridized carbons (Fsp3) is 1.00. The second-order valence-corrected chi connectivity index (χ2v) is 16.5. The monoisotopic (exact) mass is 398 g/mol. The van der Waals surface area contributed by atoms with Crippen LogP contribution in [0.1, 0.15) is 109 Å². The third-order valence-corrected chi connectivity index (χ3v) is 15.6. The predicted molar refractivity (Wildman–Crippen MR) is 120 cm³/mol. The largest absolute Gasteiger partial charge is 0.0936 e. The summed E-state index contributed by atoms with van der Waals surface area (Å²) in [6.45, 7) is 0. The molecule has 0 spiro atoms. The van der Waals surface area contributed by atoms with E-state index in [1.54, 1.807) is 115 Å². The average molecular weight is 399 g/mol. The van der Waals surface area contributed by atoms with Gasteiger partial charge in [0, 0.05) is 0 Å². The zero-order valence-corrected chi connectivity index (χ0v) is 19.1. The molecule has 0 saturated heterocycles. The lowest BCUT2D eigenvalue weighted by atomic mass is 9.55. The van der Waals surface area contributed by atoms with Crippen LogP contribution in [0.4, 0.5) is 0 Å². The fourth-order valence-electron chi connectivity index (χ4n) is 11.3. The molecule has 0 unspecified atom stereocenters. The van der Waals surface area contributed by atoms with Crippen molar-refractivity contribution in [3.8, 4) is 0 Å². The summed E-state index contributed by atoms with van der Waals surface area (Å²) in [4.78, 5) is 0. The summed E-state index contributed by atoms with van der Waals surface area (Å²) in [6.07, 6.45) is 29.8. The highest BCUT2D eigenvalue weighted by Gasteiger charge is 2.62. The topological polar surface area (TPSA) is 0 Å². The van der Waals surface area contributed by atoms with Crippen LogP contribution in [0.3, 0.4) is 0 Å². The Morgan fingerprint density at radius 1 is 0.500 bits per heavy atom. The van der Waals surface area contributed by atoms with E-state index in [1.807, 2.05) is 0 Å². The van der Waals surface area contributed by atoms with Gasteiger partial charge in [-0.3, -0.25) is 0 Å². The summed E-state index contributed by atoms with van der Waals surface area (Å²) < 4.78 is 0. The molecular formula is C27H43P. The minimum absolute atomic E-state index is 0.268. The van der Waals surface area contributed by atoms with Crippen molar-refractivity contribution in [1.29, 1.82) is 0 Å². The first-order valence-corrected chi connectivity index (χ1v) is 15.0. The van der Waals surface area contributed by atoms with Crippen LogP contribution >= 0.6 is 7.92 Å². The van der Waals surface area contributed by atoms with Gasteiger partial charge in [-0.25, -0.2) is 0 Å². The van der Waals surface area contributed by atoms with E-state index in [4.69, 9.17) is 0 Å². The van der Waals surface area contributed by atoms with Crippen molar-refractivity contribution in [3.63, 3.8) is 0 Å². The summed E-state index contributed by atoms with van der Waals surface area (Å²) in [5, 5.41) is 1.76. The fourth-order valence-corrected chi connectivity index (χ4v) is 16.8. The van der Waals surface area contributed by atoms with Crippen LogP contribution in [-0.4, -0.2) is 16.5 Å². The molecule has 8 bridgehead atoms. The Balaban J connectivity index is 1.26. The van der Waals surface area contributed by atoms with Gasteiger partial charge in [-0.2, -0.15) is 0 Å². The molecule has 0 N–H and O–H groups in total. The lowest BCUT2D eigenvalue weighted by Gasteiger charge is -2.68. The summed E-state index contributed by atoms with van der Waals surface area (Å²) in [5.41, 5.74) is 0. The maximum absolute atomic E-state index is 1.74. The Hall–Kier alpha value is 0.430. The molecule has 1 heteroatoms. The number of hydrogen-bond donors (Lipinski definition) is 0. The van der Waals surface area contributed by atoms with Crippen molar-refractivity contribution in [2.24, 2.45) is 41.4 Å². The van der Waals surface area contributed by atoms with E-state index < -0.39 is 0 Å². The quantitative estimate of drug-likeness (QED) is 0.421. The smallest absolute Gasteiger partial charge is 0.00814 e. The van der Waals surface area contributed by atoms with E-state index in [9.17, 15) is 0 Å². The van der Waals surface area contributed by atoms with Crippen LogP contribution in [0.15, 0.2) is 0 Å². The van der Waals surface area contributed by atoms with Crippen LogP contribution in [0.5, 0.6) is 0 Å². The molecule has 0 nitrogen and oxygen atoms in total. The van der Waals surface area contributed by atoms with E-state index in [0.717, 1.165) is 51.7 Å². The minimum atomic E-state index is 0.268. The molecule has 9 saturated carbocycles. The molecular weight excluding hydrogens is 355 g/mol. The molecule has 0 radical (unpaired) electrons. The van der Waals surface area contributed by atoms with Gasteiger partial charge in [-0.05, 0) is 135 Å². The van der Waals surface area contributed by atoms with Crippen molar-refractivity contribution in [2.45, 2.75) is 119 Å². The van der Waals surface area contributed by atoms with Gasteiger partial charge in [0.1, 0.15) is 0 Å². The lowest BCUT2D eigenvalue weighted by molar-refractivity contribution is 0.0182. The molecule has 0 amide bonds. The SMILES string of the molecule is C1CCC(CP(C23CC4CC(CC(C4)C2)C3)C23CC4CC(CC(C4)C2)C3)CC1. The highest BCUT2D eigenvalue weighted by atomic mass is 31.1. The first-order valence-electron chi connectivity index (χ1n) is 13.5. The standard InChI is InChI=1S/C27H43P/c1-2-4-19(5-3-1)18-28(26-12-20-6-21(13-26)8-22(7-20)14-26)27-15-23-9-24(16-27)11-25(10-23)17-27/h19-25H,1-18H2. The molecule has 0 aliphatic heterocycles. The van der Waals surface area contributed by atoms with Crippen molar-refractivity contribution < 1.29 is 0 Å². The van der Waals surface area contributed by atoms with Gasteiger partial charge in [0.05, 0.1) is 0 Å². The summed E-state index contributed by atoms with van der Waals surface area (Å²) in [6, 6.07) is 0. The molecule has 9 fully saturated rings. The minimum Gasteiger partial charge on any atom is -0.0936 e. The third kappa shape index (κ3) is 2.78. The van der Waals surface area contributed by atoms with Gasteiger partial charge in [0.25, 0.3) is 0 Å². The van der Waals surface area contributed by atoms with Crippen molar-refractivity contribution in [1.82, 2.24) is 0 Å². The lowest BCUT2D eigenvalue weighted by Crippen LogP contribution is -2.57. The number of hydrogen-bond acceptors (Lipinski definition) is 0. The first-order chi connectivity index (χ1) is 13.7. The Labute approximate surface area is 175 Å². The van der Waals surface area contributed by atoms with Crippen molar-refractivity contribution in [3.05, 3.63) is 0 Å². The Kier molecular flexibility index (Phi) is 4.17. The maximum atomic E-state index is 1.74. The van der Waals surface area contributed by atoms with E-state index in [2.05, 4.69) is 0 Å². The molecule has 0 atom stereocenters. The second-order valence-electron chi connectivity index (χ2n) is 13.4. The summed E-state index contributed by atoms with van der Waals surface area (Å²) >= 11 is 0. The zero-order chi connectivity index (χ0) is 18.3. The third-order valence-electron chi connectivity index (χ3n) is 11.3. The van der Waals surface area contributed by atoms with Gasteiger partial charge < -0.3 is 0 Å². The molecule has 156 valence electrons. The molecule has 0 heterocycles. The van der Waals surface area contributed by atoms with Crippen LogP contribution in [-0.2, 0) is 0 Å². The average Bonchev–Trinajstić information content (AvgIpc) is 2.64. The normalized spacial score (nSPS) is 55.7. The van der Waals surface area contributed by atoms with E-state index in [-0.39, 0.29) is 7.92 Å². The van der Waals surface area contributed by atoms with Crippen LogP contribution < -0.4 is 0 Å². The Bertz CT molecular complexity index is 499. The first kappa shape index (κ1) is 18.0. The molecule has 0 aromatic rings. The van der Waals surface area contributed by atoms with E-state index >= 15 is 0 Å². The molecule has 9 rings (SSSR count). The van der Waals surface area contributed by atoms with Crippen LogP contribution in [0, 0.1) is 41.4 Å². The van der Waals surface area contributed by atoms with E-state index in [0.29, 0.717) is 0 Å². The highest BCUT2D eigenvalue weighted by molar-refractivity contribution is 7.61. The predicted octanol–water partition coefficient (Wildman–Crippen LogP) is 7.99. The Morgan fingerprint density at radius 2 is 0.857 bits per heavy atom. The highest BCUT2D eigenvalue weighted by Crippen LogP contribution is 2.79. The van der Waals surface area contributed by atoms with Gasteiger partial charge in [0.15, 0.2) is 0 Å². The van der Waals surface area contributed by atoms with Gasteiger partial charge in [0.2, 0.25) is 0 Å².